The smallest absolute Gasteiger partial charge is 0.303 e. The number of para-hydroxylation sites is 2. The third kappa shape index (κ3) is 6.12. The van der Waals surface area contributed by atoms with Gasteiger partial charge < -0.3 is 10.1 Å². The van der Waals surface area contributed by atoms with Gasteiger partial charge in [0.15, 0.2) is 0 Å². The topological polar surface area (TPSA) is 79.0 Å². The maximum absolute atomic E-state index is 14.4. The van der Waals surface area contributed by atoms with E-state index in [1.54, 1.807) is 30.3 Å². The van der Waals surface area contributed by atoms with Crippen molar-refractivity contribution in [3.05, 3.63) is 95.3 Å². The predicted octanol–water partition coefficient (Wildman–Crippen LogP) is 3.76. The number of anilines is 1. The molecule has 0 unspecified atom stereocenters. The van der Waals surface area contributed by atoms with Gasteiger partial charge in [0, 0.05) is 19.7 Å². The van der Waals surface area contributed by atoms with Gasteiger partial charge in [0.1, 0.15) is 18.2 Å². The predicted molar refractivity (Wildman–Crippen MR) is 131 cm³/mol. The number of nitrogens with one attached hydrogen (secondary N) is 1. The number of aryl methyl sites for hydroxylation is 1. The van der Waals surface area contributed by atoms with E-state index in [0.717, 1.165) is 19.9 Å². The van der Waals surface area contributed by atoms with Crippen LogP contribution in [-0.2, 0) is 16.8 Å². The van der Waals surface area contributed by atoms with Gasteiger partial charge in [-0.1, -0.05) is 42.5 Å². The molecule has 0 aliphatic heterocycles. The quantitative estimate of drug-likeness (QED) is 0.444. The van der Waals surface area contributed by atoms with Crippen molar-refractivity contribution in [1.29, 1.82) is 0 Å². The highest BCUT2D eigenvalue weighted by Crippen LogP contribution is 2.25. The van der Waals surface area contributed by atoms with Crippen LogP contribution in [0.4, 0.5) is 10.1 Å². The third-order valence-corrected chi connectivity index (χ3v) is 6.95. The number of benzene rings is 3. The van der Waals surface area contributed by atoms with Crippen LogP contribution in [0.3, 0.4) is 0 Å². The number of nitrogens with zero attached hydrogens (tertiary/aromatic N) is 2. The Morgan fingerprint density at radius 3 is 2.26 bits per heavy atom. The van der Waals surface area contributed by atoms with Gasteiger partial charge in [-0.2, -0.15) is 12.7 Å². The summed E-state index contributed by atoms with van der Waals surface area (Å²) in [5, 5.41) is 2.79. The lowest BCUT2D eigenvalue weighted by atomic mass is 10.1. The van der Waals surface area contributed by atoms with E-state index in [1.165, 1.54) is 32.3 Å². The fraction of sp³-hybridized carbons (Fsp3) is 0.240. The summed E-state index contributed by atoms with van der Waals surface area (Å²) in [7, 11) is -1.17. The van der Waals surface area contributed by atoms with Gasteiger partial charge in [0.25, 0.3) is 5.91 Å². The number of carbonyl (C=O) groups excluding carboxylic acids is 1. The number of hydrogen-bond donors (Lipinski definition) is 1. The molecule has 9 heteroatoms. The molecule has 34 heavy (non-hydrogen) atoms. The van der Waals surface area contributed by atoms with Crippen LogP contribution in [0, 0.1) is 12.7 Å². The molecule has 0 bridgehead atoms. The first kappa shape index (κ1) is 25.2. The number of amides is 1. The summed E-state index contributed by atoms with van der Waals surface area (Å²) in [6, 6.07) is 19.9. The lowest BCUT2D eigenvalue weighted by Gasteiger charge is -2.27. The van der Waals surface area contributed by atoms with Crippen LogP contribution >= 0.6 is 0 Å². The minimum atomic E-state index is -3.95. The molecule has 0 fully saturated rings. The molecular weight excluding hydrogens is 457 g/mol. The Morgan fingerprint density at radius 1 is 0.971 bits per heavy atom. The van der Waals surface area contributed by atoms with Crippen molar-refractivity contribution in [2.24, 2.45) is 0 Å². The van der Waals surface area contributed by atoms with Crippen LogP contribution in [0.2, 0.25) is 0 Å². The molecule has 0 aliphatic carbocycles. The van der Waals surface area contributed by atoms with Gasteiger partial charge in [-0.15, -0.1) is 0 Å². The van der Waals surface area contributed by atoms with Crippen LogP contribution in [0.15, 0.2) is 72.8 Å². The lowest BCUT2D eigenvalue weighted by molar-refractivity contribution is 0.0947. The van der Waals surface area contributed by atoms with E-state index in [1.807, 2.05) is 31.2 Å². The van der Waals surface area contributed by atoms with E-state index in [-0.39, 0.29) is 18.1 Å². The summed E-state index contributed by atoms with van der Waals surface area (Å²) < 4.78 is 47.8. The fourth-order valence-electron chi connectivity index (χ4n) is 3.22. The van der Waals surface area contributed by atoms with Crippen LogP contribution in [0.25, 0.3) is 0 Å². The highest BCUT2D eigenvalue weighted by Gasteiger charge is 2.27. The van der Waals surface area contributed by atoms with Crippen LogP contribution in [-0.4, -0.2) is 45.9 Å². The molecule has 0 saturated carbocycles. The van der Waals surface area contributed by atoms with Gasteiger partial charge in [0.2, 0.25) is 0 Å². The van der Waals surface area contributed by atoms with E-state index in [2.05, 4.69) is 5.32 Å². The summed E-state index contributed by atoms with van der Waals surface area (Å²) in [5.74, 6) is -0.142. The van der Waals surface area contributed by atoms with E-state index >= 15 is 0 Å². The summed E-state index contributed by atoms with van der Waals surface area (Å²) in [4.78, 5) is 12.4. The second-order valence-electron chi connectivity index (χ2n) is 7.82. The van der Waals surface area contributed by atoms with Crippen LogP contribution in [0.1, 0.15) is 21.5 Å². The first-order valence-electron chi connectivity index (χ1n) is 10.7. The second-order valence-corrected chi connectivity index (χ2v) is 9.88. The minimum absolute atomic E-state index is 0.0494. The van der Waals surface area contributed by atoms with Crippen molar-refractivity contribution in [3.8, 4) is 5.75 Å². The Hall–Kier alpha value is -3.43. The number of hydrogen-bond acceptors (Lipinski definition) is 4. The van der Waals surface area contributed by atoms with E-state index in [0.29, 0.717) is 24.3 Å². The molecule has 0 aromatic heterocycles. The zero-order valence-electron chi connectivity index (χ0n) is 19.4. The Morgan fingerprint density at radius 2 is 1.62 bits per heavy atom. The first-order chi connectivity index (χ1) is 16.2. The average Bonchev–Trinajstić information content (AvgIpc) is 2.82. The van der Waals surface area contributed by atoms with Crippen LogP contribution in [0.5, 0.6) is 5.75 Å². The molecule has 1 amide bonds. The minimum Gasteiger partial charge on any atom is -0.491 e. The highest BCUT2D eigenvalue weighted by atomic mass is 32.2. The van der Waals surface area contributed by atoms with Gasteiger partial charge in [-0.25, -0.2) is 4.39 Å². The summed E-state index contributed by atoms with van der Waals surface area (Å²) >= 11 is 0. The molecule has 0 saturated heterocycles. The van der Waals surface area contributed by atoms with Crippen molar-refractivity contribution in [1.82, 2.24) is 9.62 Å². The normalized spacial score (nSPS) is 11.3. The highest BCUT2D eigenvalue weighted by molar-refractivity contribution is 7.90. The molecule has 0 spiro atoms. The molecule has 1 N–H and O–H groups in total. The van der Waals surface area contributed by atoms with Crippen LogP contribution < -0.4 is 14.4 Å². The number of carbonyl (C=O) groups is 1. The van der Waals surface area contributed by atoms with E-state index < -0.39 is 16.0 Å². The second kappa shape index (κ2) is 11.1. The Balaban J connectivity index is 1.64. The van der Waals surface area contributed by atoms with Crippen molar-refractivity contribution in [2.75, 3.05) is 31.6 Å². The van der Waals surface area contributed by atoms with Gasteiger partial charge in [0.05, 0.1) is 18.8 Å². The third-order valence-electron chi connectivity index (χ3n) is 5.14. The van der Waals surface area contributed by atoms with Crippen molar-refractivity contribution in [3.63, 3.8) is 0 Å². The monoisotopic (exact) mass is 485 g/mol. The molecular formula is C25H28FN3O4S. The Kier molecular flexibility index (Phi) is 8.25. The number of halogens is 1. The van der Waals surface area contributed by atoms with E-state index in [4.69, 9.17) is 4.74 Å². The van der Waals surface area contributed by atoms with E-state index in [9.17, 15) is 17.6 Å². The molecule has 0 atom stereocenters. The molecule has 3 rings (SSSR count). The van der Waals surface area contributed by atoms with Crippen molar-refractivity contribution < 1.29 is 22.3 Å². The maximum atomic E-state index is 14.4. The molecule has 180 valence electrons. The van der Waals surface area contributed by atoms with Crippen molar-refractivity contribution in [2.45, 2.75) is 13.5 Å². The lowest BCUT2D eigenvalue weighted by Crippen LogP contribution is -2.40. The SMILES string of the molecule is Cc1ccccc1OCCNC(=O)c1ccc(CN(c2ccccc2F)S(=O)(=O)N(C)C)cc1. The summed E-state index contributed by atoms with van der Waals surface area (Å²) in [6.07, 6.45) is 0. The zero-order valence-corrected chi connectivity index (χ0v) is 20.2. The van der Waals surface area contributed by atoms with Gasteiger partial charge in [-0.05, 0) is 48.4 Å². The maximum Gasteiger partial charge on any atom is 0.303 e. The standard InChI is InChI=1S/C25H28FN3O4S/c1-19-8-4-7-11-24(19)33-17-16-27-25(30)21-14-12-20(13-15-21)18-29(34(31,32)28(2)3)23-10-6-5-9-22(23)26/h4-15H,16-18H2,1-3H3,(H,27,30). The van der Waals surface area contributed by atoms with Crippen molar-refractivity contribution >= 4 is 21.8 Å². The zero-order chi connectivity index (χ0) is 24.7. The first-order valence-corrected chi connectivity index (χ1v) is 12.1. The fourth-order valence-corrected chi connectivity index (χ4v) is 4.32. The number of ether oxygens (including phenoxy) is 1. The Labute approximate surface area is 200 Å². The number of rotatable bonds is 10. The molecule has 7 nitrogen and oxygen atoms in total. The molecule has 0 heterocycles. The average molecular weight is 486 g/mol. The molecule has 3 aromatic carbocycles. The summed E-state index contributed by atoms with van der Waals surface area (Å²) in [6.45, 7) is 2.52. The molecule has 3 aromatic rings. The van der Waals surface area contributed by atoms with Gasteiger partial charge >= 0.3 is 10.2 Å². The van der Waals surface area contributed by atoms with Gasteiger partial charge in [-0.3, -0.25) is 9.10 Å². The summed E-state index contributed by atoms with van der Waals surface area (Å²) in [5.41, 5.74) is 2.00. The molecule has 0 aliphatic rings. The Bertz CT molecular complexity index is 1230. The molecule has 0 radical (unpaired) electrons. The largest absolute Gasteiger partial charge is 0.491 e.